The van der Waals surface area contributed by atoms with Crippen LogP contribution >= 0.6 is 0 Å². The molecule has 114 valence electrons. The van der Waals surface area contributed by atoms with Crippen LogP contribution in [0.3, 0.4) is 0 Å². The van der Waals surface area contributed by atoms with E-state index in [4.69, 9.17) is 0 Å². The Labute approximate surface area is 119 Å². The topological polar surface area (TPSA) is 75.9 Å². The fourth-order valence-electron chi connectivity index (χ4n) is 3.00. The minimum atomic E-state index is -0.740. The van der Waals surface area contributed by atoms with Crippen LogP contribution in [0.25, 0.3) is 0 Å². The lowest BCUT2D eigenvalue weighted by Crippen LogP contribution is -2.45. The van der Waals surface area contributed by atoms with Gasteiger partial charge in [-0.25, -0.2) is 0 Å². The summed E-state index contributed by atoms with van der Waals surface area (Å²) >= 11 is 0. The number of carbonyl (C=O) groups excluding carboxylic acids is 1. The van der Waals surface area contributed by atoms with Crippen molar-refractivity contribution >= 4 is 5.91 Å². The third-order valence-corrected chi connectivity index (χ3v) is 4.41. The van der Waals surface area contributed by atoms with Gasteiger partial charge in [-0.3, -0.25) is 4.79 Å². The highest BCUT2D eigenvalue weighted by Crippen LogP contribution is 2.23. The van der Waals surface area contributed by atoms with Crippen molar-refractivity contribution in [2.24, 2.45) is 11.8 Å². The molecule has 0 aliphatic carbocycles. The predicted octanol–water partition coefficient (Wildman–Crippen LogP) is 0.775. The molecule has 0 spiro atoms. The zero-order chi connectivity index (χ0) is 14.5. The van der Waals surface area contributed by atoms with Crippen molar-refractivity contribution in [3.8, 4) is 0 Å². The van der Waals surface area contributed by atoms with Gasteiger partial charge in [-0.2, -0.15) is 0 Å². The molecule has 0 aromatic heterocycles. The van der Waals surface area contributed by atoms with E-state index in [1.165, 1.54) is 0 Å². The second kappa shape index (κ2) is 6.88. The van der Waals surface area contributed by atoms with E-state index in [0.717, 1.165) is 38.8 Å². The summed E-state index contributed by atoms with van der Waals surface area (Å²) in [6.45, 7) is 3.55. The van der Waals surface area contributed by atoms with Crippen LogP contribution in [0.5, 0.6) is 0 Å². The molecule has 2 fully saturated rings. The first kappa shape index (κ1) is 15.0. The Balaban J connectivity index is 1.73. The molecule has 0 atom stereocenters. The maximum absolute atomic E-state index is 12.4. The summed E-state index contributed by atoms with van der Waals surface area (Å²) in [7, 11) is 2.08. The Morgan fingerprint density at radius 2 is 1.80 bits per heavy atom. The molecular formula is C13H23N3O4. The van der Waals surface area contributed by atoms with E-state index in [2.05, 4.69) is 16.8 Å². The molecule has 2 saturated heterocycles. The summed E-state index contributed by atoms with van der Waals surface area (Å²) < 4.78 is 0. The number of carbonyl (C=O) groups is 1. The standard InChI is InChI=1S/C13H23N3O4/c1-14-6-4-12(5-7-14)13(17)15-8-2-11(3-9-15)10-20-16(18)19/h11-12H,2-10H2,1H3. The van der Waals surface area contributed by atoms with Gasteiger partial charge in [0.05, 0.1) is 6.61 Å². The van der Waals surface area contributed by atoms with Crippen molar-refractivity contribution in [3.05, 3.63) is 10.1 Å². The largest absolute Gasteiger partial charge is 0.342 e. The average molecular weight is 285 g/mol. The van der Waals surface area contributed by atoms with Crippen LogP contribution in [0.2, 0.25) is 0 Å². The van der Waals surface area contributed by atoms with Gasteiger partial charge in [0.15, 0.2) is 0 Å². The molecule has 0 bridgehead atoms. The Bertz CT molecular complexity index is 348. The zero-order valence-corrected chi connectivity index (χ0v) is 12.0. The summed E-state index contributed by atoms with van der Waals surface area (Å²) in [5.41, 5.74) is 0. The molecule has 1 amide bonds. The Morgan fingerprint density at radius 3 is 2.35 bits per heavy atom. The van der Waals surface area contributed by atoms with E-state index in [-0.39, 0.29) is 24.3 Å². The fraction of sp³-hybridized carbons (Fsp3) is 0.923. The van der Waals surface area contributed by atoms with Gasteiger partial charge in [0.1, 0.15) is 0 Å². The molecular weight excluding hydrogens is 262 g/mol. The molecule has 2 heterocycles. The summed E-state index contributed by atoms with van der Waals surface area (Å²) in [6.07, 6.45) is 3.48. The smallest absolute Gasteiger partial charge is 0.294 e. The molecule has 7 nitrogen and oxygen atoms in total. The van der Waals surface area contributed by atoms with E-state index in [1.54, 1.807) is 0 Å². The highest BCUT2D eigenvalue weighted by molar-refractivity contribution is 5.79. The van der Waals surface area contributed by atoms with E-state index in [9.17, 15) is 14.9 Å². The molecule has 2 aliphatic heterocycles. The molecule has 0 radical (unpaired) electrons. The van der Waals surface area contributed by atoms with Gasteiger partial charge in [0, 0.05) is 19.0 Å². The van der Waals surface area contributed by atoms with E-state index < -0.39 is 5.09 Å². The fourth-order valence-corrected chi connectivity index (χ4v) is 3.00. The third-order valence-electron chi connectivity index (χ3n) is 4.41. The number of hydrogen-bond donors (Lipinski definition) is 0. The molecule has 0 saturated carbocycles. The number of rotatable bonds is 4. The molecule has 0 unspecified atom stereocenters. The first-order valence-electron chi connectivity index (χ1n) is 7.31. The van der Waals surface area contributed by atoms with Gasteiger partial charge < -0.3 is 14.6 Å². The molecule has 0 aromatic rings. The SMILES string of the molecule is CN1CCC(C(=O)N2CCC(CO[N+](=O)[O-])CC2)CC1. The van der Waals surface area contributed by atoms with Crippen molar-refractivity contribution in [1.82, 2.24) is 9.80 Å². The van der Waals surface area contributed by atoms with E-state index in [0.29, 0.717) is 13.1 Å². The maximum Gasteiger partial charge on any atom is 0.294 e. The minimum Gasteiger partial charge on any atom is -0.342 e. The zero-order valence-electron chi connectivity index (χ0n) is 12.0. The van der Waals surface area contributed by atoms with E-state index in [1.807, 2.05) is 4.90 Å². The molecule has 7 heteroatoms. The Morgan fingerprint density at radius 1 is 1.20 bits per heavy atom. The second-order valence-electron chi connectivity index (χ2n) is 5.87. The number of hydrogen-bond acceptors (Lipinski definition) is 5. The first-order valence-corrected chi connectivity index (χ1v) is 7.31. The highest BCUT2D eigenvalue weighted by Gasteiger charge is 2.30. The van der Waals surface area contributed by atoms with E-state index >= 15 is 0 Å². The molecule has 0 N–H and O–H groups in total. The van der Waals surface area contributed by atoms with Gasteiger partial charge in [-0.1, -0.05) is 0 Å². The average Bonchev–Trinajstić information content (AvgIpc) is 2.46. The van der Waals surface area contributed by atoms with Crippen molar-refractivity contribution in [2.75, 3.05) is 39.8 Å². The second-order valence-corrected chi connectivity index (χ2v) is 5.87. The van der Waals surface area contributed by atoms with Crippen LogP contribution in [-0.2, 0) is 9.63 Å². The van der Waals surface area contributed by atoms with Gasteiger partial charge >= 0.3 is 0 Å². The van der Waals surface area contributed by atoms with Crippen LogP contribution in [0.1, 0.15) is 25.7 Å². The monoisotopic (exact) mass is 285 g/mol. The summed E-state index contributed by atoms with van der Waals surface area (Å²) in [4.78, 5) is 31.2. The van der Waals surface area contributed by atoms with Gasteiger partial charge in [0.2, 0.25) is 5.91 Å². The molecule has 20 heavy (non-hydrogen) atoms. The summed E-state index contributed by atoms with van der Waals surface area (Å²) in [5.74, 6) is 0.631. The van der Waals surface area contributed by atoms with Crippen LogP contribution in [0.15, 0.2) is 0 Å². The summed E-state index contributed by atoms with van der Waals surface area (Å²) in [5, 5.41) is 9.42. The van der Waals surface area contributed by atoms with Gasteiger partial charge in [0.25, 0.3) is 5.09 Å². The maximum atomic E-state index is 12.4. The summed E-state index contributed by atoms with van der Waals surface area (Å²) in [6, 6.07) is 0. The van der Waals surface area contributed by atoms with Crippen molar-refractivity contribution in [3.63, 3.8) is 0 Å². The number of nitrogens with zero attached hydrogens (tertiary/aromatic N) is 3. The third kappa shape index (κ3) is 4.06. The lowest BCUT2D eigenvalue weighted by atomic mass is 9.92. The van der Waals surface area contributed by atoms with Crippen molar-refractivity contribution < 1.29 is 14.7 Å². The van der Waals surface area contributed by atoms with Crippen LogP contribution < -0.4 is 0 Å². The lowest BCUT2D eigenvalue weighted by Gasteiger charge is -2.36. The molecule has 0 aromatic carbocycles. The van der Waals surface area contributed by atoms with Crippen molar-refractivity contribution in [1.29, 1.82) is 0 Å². The van der Waals surface area contributed by atoms with Crippen LogP contribution in [0, 0.1) is 22.0 Å². The Kier molecular flexibility index (Phi) is 5.17. The minimum absolute atomic E-state index is 0.156. The van der Waals surface area contributed by atoms with Crippen LogP contribution in [-0.4, -0.2) is 60.6 Å². The number of likely N-dealkylation sites (tertiary alicyclic amines) is 2. The quantitative estimate of drug-likeness (QED) is 0.563. The number of amides is 1. The highest BCUT2D eigenvalue weighted by atomic mass is 16.9. The lowest BCUT2D eigenvalue weighted by molar-refractivity contribution is -0.759. The first-order chi connectivity index (χ1) is 9.56. The predicted molar refractivity (Wildman–Crippen MR) is 72.5 cm³/mol. The molecule has 2 rings (SSSR count). The molecule has 2 aliphatic rings. The van der Waals surface area contributed by atoms with Crippen molar-refractivity contribution in [2.45, 2.75) is 25.7 Å². The number of piperidine rings is 2. The van der Waals surface area contributed by atoms with Crippen LogP contribution in [0.4, 0.5) is 0 Å². The van der Waals surface area contributed by atoms with Gasteiger partial charge in [-0.15, -0.1) is 10.1 Å². The Hall–Kier alpha value is -1.37. The van der Waals surface area contributed by atoms with Gasteiger partial charge in [-0.05, 0) is 51.7 Å². The normalized spacial score (nSPS) is 22.8.